The Kier molecular flexibility index (Phi) is 6.48. The van der Waals surface area contributed by atoms with Crippen molar-refractivity contribution in [2.24, 2.45) is 0 Å². The van der Waals surface area contributed by atoms with E-state index in [2.05, 4.69) is 119 Å². The van der Waals surface area contributed by atoms with Gasteiger partial charge in [0, 0.05) is 56.8 Å². The molecule has 1 aliphatic rings. The fourth-order valence-electron chi connectivity index (χ4n) is 9.15. The van der Waals surface area contributed by atoms with Crippen LogP contribution in [0.1, 0.15) is 42.3 Å². The second-order valence-corrected chi connectivity index (χ2v) is 14.7. The Labute approximate surface area is 311 Å². The molecule has 258 valence electrons. The van der Waals surface area contributed by atoms with Crippen LogP contribution in [0.2, 0.25) is 0 Å². The van der Waals surface area contributed by atoms with Crippen LogP contribution >= 0.6 is 0 Å². The molecular weight excluding hydrogens is 666 g/mol. The summed E-state index contributed by atoms with van der Waals surface area (Å²) in [5, 5.41) is 5.20. The van der Waals surface area contributed by atoms with Crippen LogP contribution in [0, 0.1) is 0 Å². The number of aromatic nitrogens is 4. The molecule has 0 amide bonds. The number of rotatable bonds is 4. The third-order valence-corrected chi connectivity index (χ3v) is 11.5. The highest BCUT2D eigenvalue weighted by atomic mass is 19.1. The van der Waals surface area contributed by atoms with Gasteiger partial charge in [0.05, 0.1) is 27.9 Å². The number of hydrogen-bond donors (Lipinski definition) is 0. The molecular formula is C48H34FN5. The van der Waals surface area contributed by atoms with Crippen molar-refractivity contribution in [1.82, 2.24) is 18.9 Å². The van der Waals surface area contributed by atoms with E-state index >= 15 is 4.39 Å². The fraction of sp³-hybridized carbons (Fsp3) is 0.0833. The molecule has 10 aromatic rings. The van der Waals surface area contributed by atoms with Crippen molar-refractivity contribution in [1.29, 1.82) is 0 Å². The van der Waals surface area contributed by atoms with Crippen molar-refractivity contribution in [3.8, 4) is 5.69 Å². The molecule has 6 aromatic carbocycles. The van der Waals surface area contributed by atoms with E-state index in [0.29, 0.717) is 11.1 Å². The Balaban J connectivity index is 1.28. The van der Waals surface area contributed by atoms with Gasteiger partial charge in [-0.3, -0.25) is 9.30 Å². The van der Waals surface area contributed by atoms with Gasteiger partial charge in [-0.25, -0.2) is 14.4 Å². The summed E-state index contributed by atoms with van der Waals surface area (Å²) in [6, 6.07) is 49.8. The topological polar surface area (TPSA) is 38.4 Å². The molecule has 54 heavy (non-hydrogen) atoms. The predicted octanol–water partition coefficient (Wildman–Crippen LogP) is 12.3. The largest absolute Gasteiger partial charge is 0.309 e. The van der Waals surface area contributed by atoms with Gasteiger partial charge in [0.1, 0.15) is 11.5 Å². The van der Waals surface area contributed by atoms with Gasteiger partial charge in [-0.15, -0.1) is 0 Å². The minimum Gasteiger partial charge on any atom is -0.309 e. The summed E-state index contributed by atoms with van der Waals surface area (Å²) in [5.41, 5.74) is 9.82. The molecule has 0 N–H and O–H groups in total. The van der Waals surface area contributed by atoms with E-state index in [-0.39, 0.29) is 0 Å². The number of nitrogens with zero attached hydrogens (tertiary/aromatic N) is 5. The SMILES string of the molecule is CC1(C)c2ccccc2N(c2ccccn2)c2cc(C(F)c3ccc4c5ccccc5n5ccnc5c4c3)c3c(c21)c1ccccc1n3-c1ccccc1. The molecule has 0 saturated carbocycles. The zero-order valence-electron chi connectivity index (χ0n) is 29.8. The van der Waals surface area contributed by atoms with E-state index < -0.39 is 11.6 Å². The number of fused-ring (bicyclic) bond motifs is 12. The third kappa shape index (κ3) is 4.19. The summed E-state index contributed by atoms with van der Waals surface area (Å²) in [6.07, 6.45) is 4.15. The molecule has 5 nitrogen and oxygen atoms in total. The Morgan fingerprint density at radius 2 is 1.35 bits per heavy atom. The van der Waals surface area contributed by atoms with Gasteiger partial charge in [0.2, 0.25) is 0 Å². The van der Waals surface area contributed by atoms with E-state index in [1.165, 1.54) is 5.56 Å². The molecule has 11 rings (SSSR count). The maximum Gasteiger partial charge on any atom is 0.152 e. The quantitative estimate of drug-likeness (QED) is 0.172. The molecule has 6 heteroatoms. The molecule has 0 fully saturated rings. The summed E-state index contributed by atoms with van der Waals surface area (Å²) in [6.45, 7) is 4.59. The number of hydrogen-bond acceptors (Lipinski definition) is 3. The zero-order valence-corrected chi connectivity index (χ0v) is 29.8. The zero-order chi connectivity index (χ0) is 36.1. The Bertz CT molecular complexity index is 3110. The van der Waals surface area contributed by atoms with Gasteiger partial charge in [-0.1, -0.05) is 105 Å². The van der Waals surface area contributed by atoms with Gasteiger partial charge >= 0.3 is 0 Å². The molecule has 1 unspecified atom stereocenters. The highest BCUT2D eigenvalue weighted by Crippen LogP contribution is 2.57. The average molecular weight is 700 g/mol. The van der Waals surface area contributed by atoms with Crippen molar-refractivity contribution in [3.63, 3.8) is 0 Å². The van der Waals surface area contributed by atoms with E-state index in [9.17, 15) is 0 Å². The number of benzene rings is 6. The van der Waals surface area contributed by atoms with Crippen molar-refractivity contribution < 1.29 is 4.39 Å². The summed E-state index contributed by atoms with van der Waals surface area (Å²) in [7, 11) is 0. The Hall–Kier alpha value is -6.79. The normalized spacial score (nSPS) is 14.2. The monoisotopic (exact) mass is 699 g/mol. The Morgan fingerprint density at radius 3 is 2.19 bits per heavy atom. The molecule has 0 saturated heterocycles. The fourth-order valence-corrected chi connectivity index (χ4v) is 9.15. The molecule has 0 radical (unpaired) electrons. The molecule has 0 spiro atoms. The highest BCUT2D eigenvalue weighted by Gasteiger charge is 2.41. The standard InChI is InChI=1S/C48H34FN5/c1-48(2)37-18-8-11-21-40(37)54(42-22-12-13-25-50-42)41-29-36(46-43(44(41)48)34-17-7-10-20-39(34)53(46)31-14-4-3-5-15-31)45(49)30-23-24-32-33-16-6-9-19-38(33)52-27-26-51-47(52)35(32)28-30/h3-29,45H,1-2H3. The average Bonchev–Trinajstić information content (AvgIpc) is 3.85. The van der Waals surface area contributed by atoms with Crippen molar-refractivity contribution in [2.75, 3.05) is 4.90 Å². The number of anilines is 3. The van der Waals surface area contributed by atoms with Gasteiger partial charge in [0.15, 0.2) is 6.17 Å². The second-order valence-electron chi connectivity index (χ2n) is 14.7. The lowest BCUT2D eigenvalue weighted by Gasteiger charge is -2.42. The first kappa shape index (κ1) is 30.8. The summed E-state index contributed by atoms with van der Waals surface area (Å²) >= 11 is 0. The van der Waals surface area contributed by atoms with E-state index in [4.69, 9.17) is 9.97 Å². The van der Waals surface area contributed by atoms with Gasteiger partial charge in [-0.05, 0) is 76.7 Å². The van der Waals surface area contributed by atoms with Gasteiger partial charge in [-0.2, -0.15) is 0 Å². The lowest BCUT2D eigenvalue weighted by molar-refractivity contribution is 0.404. The minimum atomic E-state index is -1.47. The first-order valence-electron chi connectivity index (χ1n) is 18.4. The first-order chi connectivity index (χ1) is 26.5. The summed E-state index contributed by atoms with van der Waals surface area (Å²) in [5.74, 6) is 0.786. The van der Waals surface area contributed by atoms with Crippen LogP contribution < -0.4 is 4.90 Å². The molecule has 0 bridgehead atoms. The first-order valence-corrected chi connectivity index (χ1v) is 18.4. The number of alkyl halides is 1. The summed E-state index contributed by atoms with van der Waals surface area (Å²) in [4.78, 5) is 11.9. The van der Waals surface area contributed by atoms with Crippen LogP contribution in [0.15, 0.2) is 164 Å². The molecule has 0 aliphatic carbocycles. The van der Waals surface area contributed by atoms with Gasteiger partial charge < -0.3 is 4.57 Å². The molecule has 1 aliphatic heterocycles. The summed E-state index contributed by atoms with van der Waals surface area (Å²) < 4.78 is 22.7. The lowest BCUT2D eigenvalue weighted by Crippen LogP contribution is -2.31. The number of imidazole rings is 1. The van der Waals surface area contributed by atoms with Crippen LogP contribution in [-0.2, 0) is 5.41 Å². The van der Waals surface area contributed by atoms with Crippen LogP contribution in [0.4, 0.5) is 21.6 Å². The van der Waals surface area contributed by atoms with Crippen LogP contribution in [0.25, 0.3) is 54.8 Å². The number of halogens is 1. The number of pyridine rings is 2. The smallest absolute Gasteiger partial charge is 0.152 e. The number of para-hydroxylation sites is 4. The van der Waals surface area contributed by atoms with Crippen molar-refractivity contribution in [3.05, 3.63) is 186 Å². The second kappa shape index (κ2) is 11.4. The van der Waals surface area contributed by atoms with E-state index in [1.807, 2.05) is 73.2 Å². The maximum absolute atomic E-state index is 18.3. The predicted molar refractivity (Wildman–Crippen MR) is 219 cm³/mol. The minimum absolute atomic E-state index is 0.429. The van der Waals surface area contributed by atoms with Gasteiger partial charge in [0.25, 0.3) is 0 Å². The lowest BCUT2D eigenvalue weighted by atomic mass is 9.71. The molecule has 4 aromatic heterocycles. The van der Waals surface area contributed by atoms with Crippen LogP contribution in [0.3, 0.4) is 0 Å². The van der Waals surface area contributed by atoms with Crippen molar-refractivity contribution in [2.45, 2.75) is 25.4 Å². The molecule has 1 atom stereocenters. The van der Waals surface area contributed by atoms with Crippen molar-refractivity contribution >= 4 is 66.3 Å². The van der Waals surface area contributed by atoms with E-state index in [1.54, 1.807) is 0 Å². The Morgan fingerprint density at radius 1 is 0.611 bits per heavy atom. The molecule has 5 heterocycles. The van der Waals surface area contributed by atoms with Crippen LogP contribution in [0.5, 0.6) is 0 Å². The maximum atomic E-state index is 18.3. The van der Waals surface area contributed by atoms with E-state index in [0.717, 1.165) is 77.6 Å². The van der Waals surface area contributed by atoms with Crippen LogP contribution in [-0.4, -0.2) is 18.9 Å². The third-order valence-electron chi connectivity index (χ3n) is 11.5. The highest BCUT2D eigenvalue weighted by molar-refractivity contribution is 6.16.